The van der Waals surface area contributed by atoms with Crippen LogP contribution in [0.5, 0.6) is 11.5 Å². The van der Waals surface area contributed by atoms with Gasteiger partial charge in [0.1, 0.15) is 11.5 Å². The predicted octanol–water partition coefficient (Wildman–Crippen LogP) is 2.41. The van der Waals surface area contributed by atoms with Gasteiger partial charge in [0.15, 0.2) is 0 Å². The summed E-state index contributed by atoms with van der Waals surface area (Å²) in [7, 11) is 1.65. The average molecular weight is 224 g/mol. The van der Waals surface area contributed by atoms with Crippen LogP contribution in [-0.2, 0) is 6.42 Å². The average Bonchev–Trinajstić information content (AvgIpc) is 2.26. The second kappa shape index (κ2) is 6.38. The third kappa shape index (κ3) is 3.42. The molecule has 0 atom stereocenters. The van der Waals surface area contributed by atoms with Crippen LogP contribution in [0.25, 0.3) is 0 Å². The molecule has 0 spiro atoms. The molecular formula is C13H20O3. The summed E-state index contributed by atoms with van der Waals surface area (Å²) in [6.07, 6.45) is 1.62. The molecule has 3 heteroatoms. The Morgan fingerprint density at radius 3 is 2.50 bits per heavy atom. The van der Waals surface area contributed by atoms with E-state index < -0.39 is 0 Å². The van der Waals surface area contributed by atoms with Crippen LogP contribution in [0.15, 0.2) is 18.2 Å². The summed E-state index contributed by atoms with van der Waals surface area (Å²) >= 11 is 0. The van der Waals surface area contributed by atoms with Gasteiger partial charge in [-0.05, 0) is 38.8 Å². The van der Waals surface area contributed by atoms with Crippen LogP contribution >= 0.6 is 0 Å². The molecule has 1 rings (SSSR count). The number of benzene rings is 1. The molecule has 0 saturated carbocycles. The highest BCUT2D eigenvalue weighted by Gasteiger charge is 2.10. The SMILES string of the molecule is COc1cccc(OC(C)C)c1CCCO. The molecule has 0 aliphatic carbocycles. The van der Waals surface area contributed by atoms with Gasteiger partial charge in [-0.1, -0.05) is 6.07 Å². The first-order valence-corrected chi connectivity index (χ1v) is 5.62. The topological polar surface area (TPSA) is 38.7 Å². The Balaban J connectivity index is 2.95. The Labute approximate surface area is 97.0 Å². The summed E-state index contributed by atoms with van der Waals surface area (Å²) in [6, 6.07) is 5.77. The fraction of sp³-hybridized carbons (Fsp3) is 0.538. The van der Waals surface area contributed by atoms with Gasteiger partial charge in [0.25, 0.3) is 0 Å². The molecule has 0 bridgehead atoms. The van der Waals surface area contributed by atoms with Gasteiger partial charge in [-0.25, -0.2) is 0 Å². The molecule has 3 nitrogen and oxygen atoms in total. The van der Waals surface area contributed by atoms with Crippen molar-refractivity contribution in [1.29, 1.82) is 0 Å². The Hall–Kier alpha value is -1.22. The molecule has 0 radical (unpaired) electrons. The standard InChI is InChI=1S/C13H20O3/c1-10(2)16-13-8-4-7-12(15-3)11(13)6-5-9-14/h4,7-8,10,14H,5-6,9H2,1-3H3. The Kier molecular flexibility index (Phi) is 5.12. The van der Waals surface area contributed by atoms with Gasteiger partial charge in [-0.3, -0.25) is 0 Å². The number of rotatable bonds is 6. The van der Waals surface area contributed by atoms with Crippen molar-refractivity contribution in [2.24, 2.45) is 0 Å². The number of ether oxygens (including phenoxy) is 2. The predicted molar refractivity (Wildman–Crippen MR) is 64.2 cm³/mol. The monoisotopic (exact) mass is 224 g/mol. The van der Waals surface area contributed by atoms with E-state index in [9.17, 15) is 0 Å². The molecule has 16 heavy (non-hydrogen) atoms. The zero-order valence-electron chi connectivity index (χ0n) is 10.2. The second-order valence-corrected chi connectivity index (χ2v) is 3.93. The molecule has 0 fully saturated rings. The minimum Gasteiger partial charge on any atom is -0.496 e. The quantitative estimate of drug-likeness (QED) is 0.806. The lowest BCUT2D eigenvalue weighted by Gasteiger charge is -2.16. The zero-order valence-corrected chi connectivity index (χ0v) is 10.2. The van der Waals surface area contributed by atoms with Crippen LogP contribution < -0.4 is 9.47 Å². The number of aliphatic hydroxyl groups is 1. The van der Waals surface area contributed by atoms with E-state index in [1.165, 1.54) is 0 Å². The van der Waals surface area contributed by atoms with Crippen molar-refractivity contribution in [2.75, 3.05) is 13.7 Å². The van der Waals surface area contributed by atoms with E-state index in [-0.39, 0.29) is 12.7 Å². The number of aliphatic hydroxyl groups excluding tert-OH is 1. The molecule has 0 aliphatic heterocycles. The second-order valence-electron chi connectivity index (χ2n) is 3.93. The Morgan fingerprint density at radius 1 is 1.25 bits per heavy atom. The third-order valence-corrected chi connectivity index (χ3v) is 2.26. The van der Waals surface area contributed by atoms with Gasteiger partial charge in [-0.15, -0.1) is 0 Å². The fourth-order valence-corrected chi connectivity index (χ4v) is 1.60. The fourth-order valence-electron chi connectivity index (χ4n) is 1.60. The van der Waals surface area contributed by atoms with Gasteiger partial charge < -0.3 is 14.6 Å². The van der Waals surface area contributed by atoms with Crippen molar-refractivity contribution in [3.8, 4) is 11.5 Å². The minimum absolute atomic E-state index is 0.139. The molecular weight excluding hydrogens is 204 g/mol. The highest BCUT2D eigenvalue weighted by Crippen LogP contribution is 2.30. The third-order valence-electron chi connectivity index (χ3n) is 2.26. The highest BCUT2D eigenvalue weighted by atomic mass is 16.5. The van der Waals surface area contributed by atoms with Crippen LogP contribution in [0.1, 0.15) is 25.8 Å². The van der Waals surface area contributed by atoms with Crippen LogP contribution in [0, 0.1) is 0 Å². The van der Waals surface area contributed by atoms with Crippen LogP contribution in [0.3, 0.4) is 0 Å². The van der Waals surface area contributed by atoms with Gasteiger partial charge in [0, 0.05) is 12.2 Å². The molecule has 0 unspecified atom stereocenters. The lowest BCUT2D eigenvalue weighted by molar-refractivity contribution is 0.236. The molecule has 90 valence electrons. The van der Waals surface area contributed by atoms with Gasteiger partial charge in [-0.2, -0.15) is 0 Å². The molecule has 1 aromatic rings. The first kappa shape index (κ1) is 12.8. The summed E-state index contributed by atoms with van der Waals surface area (Å²) in [5, 5.41) is 8.88. The number of methoxy groups -OCH3 is 1. The van der Waals surface area contributed by atoms with E-state index in [1.807, 2.05) is 32.0 Å². The lowest BCUT2D eigenvalue weighted by atomic mass is 10.1. The maximum absolute atomic E-state index is 8.88. The lowest BCUT2D eigenvalue weighted by Crippen LogP contribution is -2.08. The van der Waals surface area contributed by atoms with Crippen molar-refractivity contribution < 1.29 is 14.6 Å². The van der Waals surface area contributed by atoms with E-state index in [0.29, 0.717) is 0 Å². The van der Waals surface area contributed by atoms with Crippen LogP contribution in [0.2, 0.25) is 0 Å². The molecule has 0 aromatic heterocycles. The minimum atomic E-state index is 0.139. The van der Waals surface area contributed by atoms with E-state index in [4.69, 9.17) is 14.6 Å². The molecule has 0 amide bonds. The van der Waals surface area contributed by atoms with Crippen molar-refractivity contribution in [1.82, 2.24) is 0 Å². The van der Waals surface area contributed by atoms with Crippen molar-refractivity contribution in [3.05, 3.63) is 23.8 Å². The van der Waals surface area contributed by atoms with E-state index in [1.54, 1.807) is 7.11 Å². The summed E-state index contributed by atoms with van der Waals surface area (Å²) in [4.78, 5) is 0. The summed E-state index contributed by atoms with van der Waals surface area (Å²) < 4.78 is 11.0. The van der Waals surface area contributed by atoms with E-state index in [2.05, 4.69) is 0 Å². The Morgan fingerprint density at radius 2 is 1.94 bits per heavy atom. The maximum Gasteiger partial charge on any atom is 0.126 e. The molecule has 0 saturated heterocycles. The molecule has 0 heterocycles. The van der Waals surface area contributed by atoms with Crippen molar-refractivity contribution in [3.63, 3.8) is 0 Å². The van der Waals surface area contributed by atoms with Gasteiger partial charge in [0.2, 0.25) is 0 Å². The number of hydrogen-bond acceptors (Lipinski definition) is 3. The van der Waals surface area contributed by atoms with Crippen molar-refractivity contribution >= 4 is 0 Å². The zero-order chi connectivity index (χ0) is 12.0. The molecule has 0 aliphatic rings. The molecule has 1 aromatic carbocycles. The largest absolute Gasteiger partial charge is 0.496 e. The highest BCUT2D eigenvalue weighted by molar-refractivity contribution is 5.45. The normalized spacial score (nSPS) is 10.6. The van der Waals surface area contributed by atoms with Gasteiger partial charge in [0.05, 0.1) is 13.2 Å². The van der Waals surface area contributed by atoms with Gasteiger partial charge >= 0.3 is 0 Å². The van der Waals surface area contributed by atoms with Crippen LogP contribution in [-0.4, -0.2) is 24.9 Å². The first-order valence-electron chi connectivity index (χ1n) is 5.62. The number of hydrogen-bond donors (Lipinski definition) is 1. The van der Waals surface area contributed by atoms with Crippen molar-refractivity contribution in [2.45, 2.75) is 32.8 Å². The Bertz CT molecular complexity index is 321. The van der Waals surface area contributed by atoms with E-state index in [0.717, 1.165) is 29.9 Å². The smallest absolute Gasteiger partial charge is 0.126 e. The first-order chi connectivity index (χ1) is 7.69. The summed E-state index contributed by atoms with van der Waals surface area (Å²) in [5.74, 6) is 1.68. The summed E-state index contributed by atoms with van der Waals surface area (Å²) in [6.45, 7) is 4.17. The van der Waals surface area contributed by atoms with E-state index >= 15 is 0 Å². The maximum atomic E-state index is 8.88. The molecule has 1 N–H and O–H groups in total. The van der Waals surface area contributed by atoms with Crippen LogP contribution in [0.4, 0.5) is 0 Å². The summed E-state index contributed by atoms with van der Waals surface area (Å²) in [5.41, 5.74) is 1.03.